The van der Waals surface area contributed by atoms with E-state index in [1.807, 2.05) is 19.3 Å². The lowest BCUT2D eigenvalue weighted by Crippen LogP contribution is -2.23. The largest absolute Gasteiger partial charge is 0.488 e. The normalized spacial score (nSPS) is 16.4. The lowest BCUT2D eigenvalue weighted by molar-refractivity contribution is 0.0331. The van der Waals surface area contributed by atoms with E-state index in [0.717, 1.165) is 39.4 Å². The summed E-state index contributed by atoms with van der Waals surface area (Å²) in [7, 11) is 0. The molecular weight excluding hydrogens is 332 g/mol. The fourth-order valence-electron chi connectivity index (χ4n) is 3.71. The summed E-state index contributed by atoms with van der Waals surface area (Å²) in [6.45, 7) is 17.0. The molecule has 0 unspecified atom stereocenters. The first-order valence-electron chi connectivity index (χ1n) is 9.51. The number of pyridine rings is 2. The summed E-state index contributed by atoms with van der Waals surface area (Å²) in [5, 5.41) is 0. The minimum absolute atomic E-state index is 0.0259. The van der Waals surface area contributed by atoms with E-state index in [1.54, 1.807) is 0 Å². The van der Waals surface area contributed by atoms with E-state index in [4.69, 9.17) is 9.72 Å². The van der Waals surface area contributed by atoms with Crippen LogP contribution in [0.15, 0.2) is 41.9 Å². The van der Waals surface area contributed by atoms with E-state index < -0.39 is 5.60 Å². The van der Waals surface area contributed by atoms with Crippen molar-refractivity contribution in [2.24, 2.45) is 0 Å². The maximum atomic E-state index is 6.36. The van der Waals surface area contributed by atoms with Crippen LogP contribution in [0.25, 0.3) is 17.2 Å². The summed E-state index contributed by atoms with van der Waals surface area (Å²) in [6, 6.07) is 4.30. The molecular formula is C24H30N2O. The van der Waals surface area contributed by atoms with Crippen molar-refractivity contribution in [1.29, 1.82) is 0 Å². The molecule has 1 aliphatic rings. The second-order valence-electron chi connectivity index (χ2n) is 8.98. The Morgan fingerprint density at radius 3 is 2.37 bits per heavy atom. The Kier molecular flexibility index (Phi) is 4.75. The number of ether oxygens (including phenoxy) is 1. The SMILES string of the molecule is CC1=Cc2cnc(C(C)(C)C)cc2-c2c(ccnc2C)C(C)(C)OC(C)=C1. The molecule has 0 aromatic carbocycles. The van der Waals surface area contributed by atoms with Gasteiger partial charge >= 0.3 is 0 Å². The zero-order valence-electron chi connectivity index (χ0n) is 17.8. The molecule has 3 nitrogen and oxygen atoms in total. The highest BCUT2D eigenvalue weighted by Gasteiger charge is 2.29. The standard InChI is InChI=1S/C24H30N2O/c1-15-11-16(2)27-24(7,8)20-9-10-25-17(3)22(20)19-13-21(23(4,5)6)26-14-18(19)12-15/h9-14H,1-8H3. The summed E-state index contributed by atoms with van der Waals surface area (Å²) in [5.74, 6) is 0.900. The van der Waals surface area contributed by atoms with Gasteiger partial charge in [-0.15, -0.1) is 0 Å². The van der Waals surface area contributed by atoms with E-state index in [1.165, 1.54) is 5.56 Å². The highest BCUT2D eigenvalue weighted by atomic mass is 16.5. The second-order valence-corrected chi connectivity index (χ2v) is 8.98. The first-order valence-corrected chi connectivity index (χ1v) is 9.51. The van der Waals surface area contributed by atoms with E-state index in [2.05, 4.69) is 77.7 Å². The highest BCUT2D eigenvalue weighted by molar-refractivity contribution is 5.80. The molecule has 0 atom stereocenters. The number of fused-ring (bicyclic) bond motifs is 3. The average molecular weight is 363 g/mol. The van der Waals surface area contributed by atoms with Gasteiger partial charge in [0.1, 0.15) is 5.60 Å². The quantitative estimate of drug-likeness (QED) is 0.550. The topological polar surface area (TPSA) is 35.0 Å². The molecule has 27 heavy (non-hydrogen) atoms. The lowest BCUT2D eigenvalue weighted by Gasteiger charge is -2.31. The van der Waals surface area contributed by atoms with Gasteiger partial charge in [-0.05, 0) is 70.0 Å². The van der Waals surface area contributed by atoms with Gasteiger partial charge in [-0.2, -0.15) is 0 Å². The van der Waals surface area contributed by atoms with Gasteiger partial charge in [0.2, 0.25) is 0 Å². The third kappa shape index (κ3) is 3.83. The third-order valence-electron chi connectivity index (χ3n) is 4.99. The molecule has 1 aliphatic heterocycles. The predicted octanol–water partition coefficient (Wildman–Crippen LogP) is 6.32. The van der Waals surface area contributed by atoms with Gasteiger partial charge < -0.3 is 4.74 Å². The molecule has 0 aliphatic carbocycles. The Labute approximate surface area is 163 Å². The first kappa shape index (κ1) is 19.3. The molecule has 3 heteroatoms. The van der Waals surface area contributed by atoms with Crippen molar-refractivity contribution in [2.45, 2.75) is 66.4 Å². The number of aryl methyl sites for hydroxylation is 1. The van der Waals surface area contributed by atoms with Crippen molar-refractivity contribution in [3.63, 3.8) is 0 Å². The van der Waals surface area contributed by atoms with Gasteiger partial charge in [0.05, 0.1) is 5.76 Å². The van der Waals surface area contributed by atoms with Crippen LogP contribution >= 0.6 is 0 Å². The average Bonchev–Trinajstić information content (AvgIpc) is 2.52. The van der Waals surface area contributed by atoms with Gasteiger partial charge in [-0.1, -0.05) is 20.8 Å². The Bertz CT molecular complexity index is 943. The van der Waals surface area contributed by atoms with Gasteiger partial charge in [0.25, 0.3) is 0 Å². The highest BCUT2D eigenvalue weighted by Crippen LogP contribution is 2.40. The van der Waals surface area contributed by atoms with Crippen LogP contribution in [0.3, 0.4) is 0 Å². The van der Waals surface area contributed by atoms with Gasteiger partial charge in [-0.25, -0.2) is 0 Å². The minimum atomic E-state index is -0.469. The lowest BCUT2D eigenvalue weighted by atomic mass is 9.84. The molecule has 2 aromatic rings. The summed E-state index contributed by atoms with van der Waals surface area (Å²) in [4.78, 5) is 9.37. The van der Waals surface area contributed by atoms with Crippen LogP contribution < -0.4 is 0 Å². The number of hydrogen-bond acceptors (Lipinski definition) is 3. The van der Waals surface area contributed by atoms with Crippen LogP contribution in [0.2, 0.25) is 0 Å². The fraction of sp³-hybridized carbons (Fsp3) is 0.417. The fourth-order valence-corrected chi connectivity index (χ4v) is 3.71. The van der Waals surface area contributed by atoms with Gasteiger partial charge in [0.15, 0.2) is 0 Å². The maximum Gasteiger partial charge on any atom is 0.129 e. The molecule has 0 radical (unpaired) electrons. The summed E-state index contributed by atoms with van der Waals surface area (Å²) in [6.07, 6.45) is 8.13. The van der Waals surface area contributed by atoms with E-state index >= 15 is 0 Å². The van der Waals surface area contributed by atoms with Crippen molar-refractivity contribution < 1.29 is 4.74 Å². The Morgan fingerprint density at radius 1 is 1.00 bits per heavy atom. The molecule has 0 amide bonds. The summed E-state index contributed by atoms with van der Waals surface area (Å²) in [5.41, 5.74) is 7.28. The smallest absolute Gasteiger partial charge is 0.129 e. The van der Waals surface area contributed by atoms with Gasteiger partial charge in [0, 0.05) is 45.9 Å². The predicted molar refractivity (Wildman–Crippen MR) is 112 cm³/mol. The Morgan fingerprint density at radius 2 is 1.70 bits per heavy atom. The van der Waals surface area contributed by atoms with E-state index in [9.17, 15) is 0 Å². The second kappa shape index (κ2) is 6.63. The molecule has 3 rings (SSSR count). The van der Waals surface area contributed by atoms with Crippen molar-refractivity contribution in [1.82, 2.24) is 9.97 Å². The van der Waals surface area contributed by atoms with Crippen LogP contribution in [-0.4, -0.2) is 9.97 Å². The number of nitrogens with zero attached hydrogens (tertiary/aromatic N) is 2. The van der Waals surface area contributed by atoms with Crippen LogP contribution in [0.5, 0.6) is 0 Å². The number of rotatable bonds is 0. The third-order valence-corrected chi connectivity index (χ3v) is 4.99. The van der Waals surface area contributed by atoms with Crippen LogP contribution in [0.4, 0.5) is 0 Å². The zero-order chi connectivity index (χ0) is 20.0. The number of hydrogen-bond donors (Lipinski definition) is 0. The molecule has 0 saturated heterocycles. The molecule has 142 valence electrons. The molecule has 0 bridgehead atoms. The van der Waals surface area contributed by atoms with Crippen molar-refractivity contribution in [3.05, 3.63) is 64.4 Å². The zero-order valence-corrected chi connectivity index (χ0v) is 17.8. The number of allylic oxidation sites excluding steroid dienone is 3. The monoisotopic (exact) mass is 362 g/mol. The first-order chi connectivity index (χ1) is 12.5. The van der Waals surface area contributed by atoms with Crippen molar-refractivity contribution >= 4 is 6.08 Å². The minimum Gasteiger partial charge on any atom is -0.488 e. The van der Waals surface area contributed by atoms with Crippen molar-refractivity contribution in [2.75, 3.05) is 0 Å². The molecule has 0 N–H and O–H groups in total. The van der Waals surface area contributed by atoms with Crippen LogP contribution in [0.1, 0.15) is 71.0 Å². The van der Waals surface area contributed by atoms with Crippen LogP contribution in [0, 0.1) is 6.92 Å². The molecule has 0 fully saturated rings. The molecule has 0 saturated carbocycles. The van der Waals surface area contributed by atoms with E-state index in [-0.39, 0.29) is 5.41 Å². The van der Waals surface area contributed by atoms with Gasteiger partial charge in [-0.3, -0.25) is 9.97 Å². The molecule has 3 heterocycles. The molecule has 2 aromatic heterocycles. The maximum absolute atomic E-state index is 6.36. The van der Waals surface area contributed by atoms with Crippen molar-refractivity contribution in [3.8, 4) is 11.1 Å². The Balaban J connectivity index is 2.44. The molecule has 0 spiro atoms. The van der Waals surface area contributed by atoms with E-state index in [0.29, 0.717) is 0 Å². The van der Waals surface area contributed by atoms with Crippen LogP contribution in [-0.2, 0) is 15.8 Å². The Hall–Kier alpha value is -2.42. The number of aromatic nitrogens is 2. The summed E-state index contributed by atoms with van der Waals surface area (Å²) >= 11 is 0. The summed E-state index contributed by atoms with van der Waals surface area (Å²) < 4.78 is 6.36.